The first-order valence-electron chi connectivity index (χ1n) is 8.01. The van der Waals surface area contributed by atoms with Gasteiger partial charge in [0.05, 0.1) is 11.9 Å². The van der Waals surface area contributed by atoms with Gasteiger partial charge >= 0.3 is 0 Å². The van der Waals surface area contributed by atoms with Crippen LogP contribution < -0.4 is 10.5 Å². The molecule has 4 rings (SSSR count). The zero-order chi connectivity index (χ0) is 15.8. The van der Waals surface area contributed by atoms with Crippen molar-refractivity contribution in [1.82, 2.24) is 19.7 Å². The molecular formula is C17H19N5O. The van der Waals surface area contributed by atoms with Crippen LogP contribution in [0.4, 0.5) is 5.95 Å². The van der Waals surface area contributed by atoms with Crippen molar-refractivity contribution in [1.29, 1.82) is 0 Å². The van der Waals surface area contributed by atoms with Gasteiger partial charge in [-0.2, -0.15) is 10.1 Å². The number of hydrogen-bond acceptors (Lipinski definition) is 4. The molecule has 1 N–H and O–H groups in total. The first-order chi connectivity index (χ1) is 11.2. The van der Waals surface area contributed by atoms with E-state index in [9.17, 15) is 4.79 Å². The fraction of sp³-hybridized carbons (Fsp3) is 0.353. The third-order valence-corrected chi connectivity index (χ3v) is 4.51. The standard InChI is InChI=1S/C17H19N5O/c1-12-7-9-21(10-8-12)17-19-15-14(16(23)20-17)11-18-22(15)13-5-3-2-4-6-13/h2-6,11-12H,7-10H2,1H3,(H,19,20,23). The number of piperidine rings is 1. The Morgan fingerprint density at radius 1 is 1.17 bits per heavy atom. The number of nitrogens with one attached hydrogen (secondary N) is 1. The Morgan fingerprint density at radius 2 is 1.91 bits per heavy atom. The largest absolute Gasteiger partial charge is 0.342 e. The van der Waals surface area contributed by atoms with Gasteiger partial charge in [0.25, 0.3) is 5.56 Å². The third-order valence-electron chi connectivity index (χ3n) is 4.51. The van der Waals surface area contributed by atoms with E-state index in [2.05, 4.69) is 21.9 Å². The predicted octanol–water partition coefficient (Wildman–Crippen LogP) is 2.35. The molecule has 1 aliphatic heterocycles. The van der Waals surface area contributed by atoms with Crippen LogP contribution in [0.2, 0.25) is 0 Å². The predicted molar refractivity (Wildman–Crippen MR) is 90.1 cm³/mol. The van der Waals surface area contributed by atoms with E-state index >= 15 is 0 Å². The molecule has 1 aromatic carbocycles. The third kappa shape index (κ3) is 2.50. The monoisotopic (exact) mass is 309 g/mol. The number of fused-ring (bicyclic) bond motifs is 1. The van der Waals surface area contributed by atoms with Crippen molar-refractivity contribution in [2.45, 2.75) is 19.8 Å². The molecule has 2 aromatic heterocycles. The topological polar surface area (TPSA) is 66.8 Å². The summed E-state index contributed by atoms with van der Waals surface area (Å²) in [4.78, 5) is 22.1. The lowest BCUT2D eigenvalue weighted by molar-refractivity contribution is 0.434. The van der Waals surface area contributed by atoms with Crippen LogP contribution in [-0.4, -0.2) is 32.8 Å². The molecule has 6 heteroatoms. The maximum atomic E-state index is 12.4. The van der Waals surface area contributed by atoms with Crippen molar-refractivity contribution in [3.63, 3.8) is 0 Å². The van der Waals surface area contributed by atoms with Gasteiger partial charge in [-0.1, -0.05) is 25.1 Å². The molecule has 0 unspecified atom stereocenters. The van der Waals surface area contributed by atoms with Crippen LogP contribution in [0, 0.1) is 5.92 Å². The highest BCUT2D eigenvalue weighted by molar-refractivity contribution is 5.76. The van der Waals surface area contributed by atoms with E-state index in [1.165, 1.54) is 0 Å². The van der Waals surface area contributed by atoms with Crippen molar-refractivity contribution in [3.05, 3.63) is 46.9 Å². The van der Waals surface area contributed by atoms with Crippen LogP contribution >= 0.6 is 0 Å². The van der Waals surface area contributed by atoms with E-state index in [-0.39, 0.29) is 5.56 Å². The number of benzene rings is 1. The molecule has 1 fully saturated rings. The average Bonchev–Trinajstić information content (AvgIpc) is 3.01. The summed E-state index contributed by atoms with van der Waals surface area (Å²) < 4.78 is 1.72. The number of para-hydroxylation sites is 1. The number of hydrogen-bond donors (Lipinski definition) is 1. The fourth-order valence-corrected chi connectivity index (χ4v) is 3.04. The van der Waals surface area contributed by atoms with Crippen LogP contribution in [-0.2, 0) is 0 Å². The highest BCUT2D eigenvalue weighted by Crippen LogP contribution is 2.21. The molecule has 6 nitrogen and oxygen atoms in total. The fourth-order valence-electron chi connectivity index (χ4n) is 3.04. The van der Waals surface area contributed by atoms with Crippen LogP contribution in [0.5, 0.6) is 0 Å². The summed E-state index contributed by atoms with van der Waals surface area (Å²) in [6.07, 6.45) is 3.83. The van der Waals surface area contributed by atoms with Gasteiger partial charge in [0.2, 0.25) is 5.95 Å². The van der Waals surface area contributed by atoms with Crippen LogP contribution in [0.15, 0.2) is 41.3 Å². The second-order valence-corrected chi connectivity index (χ2v) is 6.19. The number of H-pyrrole nitrogens is 1. The molecular weight excluding hydrogens is 290 g/mol. The molecule has 0 radical (unpaired) electrons. The lowest BCUT2D eigenvalue weighted by Gasteiger charge is -2.30. The molecule has 118 valence electrons. The second-order valence-electron chi connectivity index (χ2n) is 6.19. The van der Waals surface area contributed by atoms with Gasteiger partial charge in [0.1, 0.15) is 5.39 Å². The Hall–Kier alpha value is -2.63. The summed E-state index contributed by atoms with van der Waals surface area (Å²) >= 11 is 0. The Morgan fingerprint density at radius 3 is 2.65 bits per heavy atom. The molecule has 1 saturated heterocycles. The van der Waals surface area contributed by atoms with Gasteiger partial charge in [-0.25, -0.2) is 4.68 Å². The van der Waals surface area contributed by atoms with Gasteiger partial charge in [-0.3, -0.25) is 9.78 Å². The van der Waals surface area contributed by atoms with Gasteiger partial charge in [0.15, 0.2) is 5.65 Å². The SMILES string of the molecule is CC1CCN(c2nc3c(cnn3-c3ccccc3)c(=O)[nH]2)CC1. The Kier molecular flexibility index (Phi) is 3.37. The molecule has 23 heavy (non-hydrogen) atoms. The van der Waals surface area contributed by atoms with E-state index in [1.807, 2.05) is 30.3 Å². The molecule has 1 aliphatic rings. The first-order valence-corrected chi connectivity index (χ1v) is 8.01. The van der Waals surface area contributed by atoms with E-state index < -0.39 is 0 Å². The number of anilines is 1. The van der Waals surface area contributed by atoms with Crippen LogP contribution in [0.3, 0.4) is 0 Å². The van der Waals surface area contributed by atoms with E-state index in [0.29, 0.717) is 17.0 Å². The minimum atomic E-state index is -0.134. The second kappa shape index (κ2) is 5.53. The van der Waals surface area contributed by atoms with Crippen molar-refractivity contribution >= 4 is 17.0 Å². The molecule has 0 amide bonds. The van der Waals surface area contributed by atoms with Crippen molar-refractivity contribution in [3.8, 4) is 5.69 Å². The maximum absolute atomic E-state index is 12.4. The van der Waals surface area contributed by atoms with Gasteiger partial charge in [0, 0.05) is 13.1 Å². The summed E-state index contributed by atoms with van der Waals surface area (Å²) in [5.74, 6) is 1.38. The van der Waals surface area contributed by atoms with E-state index in [0.717, 1.165) is 37.5 Å². The molecule has 3 aromatic rings. The van der Waals surface area contributed by atoms with Crippen LogP contribution in [0.25, 0.3) is 16.7 Å². The normalized spacial score (nSPS) is 16.1. The average molecular weight is 309 g/mol. The van der Waals surface area contributed by atoms with Crippen molar-refractivity contribution in [2.24, 2.45) is 5.92 Å². The van der Waals surface area contributed by atoms with Crippen molar-refractivity contribution in [2.75, 3.05) is 18.0 Å². The maximum Gasteiger partial charge on any atom is 0.263 e. The smallest absolute Gasteiger partial charge is 0.263 e. The highest BCUT2D eigenvalue weighted by Gasteiger charge is 2.19. The van der Waals surface area contributed by atoms with Crippen molar-refractivity contribution < 1.29 is 0 Å². The zero-order valence-electron chi connectivity index (χ0n) is 13.1. The van der Waals surface area contributed by atoms with E-state index in [1.54, 1.807) is 10.9 Å². The minimum absolute atomic E-state index is 0.134. The van der Waals surface area contributed by atoms with Gasteiger partial charge < -0.3 is 4.90 Å². The lowest BCUT2D eigenvalue weighted by Crippen LogP contribution is -2.35. The number of aromatic amines is 1. The zero-order valence-corrected chi connectivity index (χ0v) is 13.1. The number of nitrogens with zero attached hydrogens (tertiary/aromatic N) is 4. The lowest BCUT2D eigenvalue weighted by atomic mass is 10.00. The Balaban J connectivity index is 1.81. The summed E-state index contributed by atoms with van der Waals surface area (Å²) in [6, 6.07) is 9.76. The molecule has 0 saturated carbocycles. The quantitative estimate of drug-likeness (QED) is 0.789. The number of rotatable bonds is 2. The summed E-state index contributed by atoms with van der Waals surface area (Å²) in [6.45, 7) is 4.12. The summed E-state index contributed by atoms with van der Waals surface area (Å²) in [5.41, 5.74) is 1.37. The highest BCUT2D eigenvalue weighted by atomic mass is 16.1. The summed E-state index contributed by atoms with van der Waals surface area (Å²) in [5, 5.41) is 4.86. The Labute approximate surface area is 133 Å². The first kappa shape index (κ1) is 14.0. The molecule has 0 spiro atoms. The molecule has 0 aliphatic carbocycles. The molecule has 3 heterocycles. The Bertz CT molecular complexity index is 875. The molecule has 0 atom stereocenters. The minimum Gasteiger partial charge on any atom is -0.342 e. The molecule has 0 bridgehead atoms. The van der Waals surface area contributed by atoms with Gasteiger partial charge in [-0.15, -0.1) is 0 Å². The van der Waals surface area contributed by atoms with Gasteiger partial charge in [-0.05, 0) is 30.9 Å². The van der Waals surface area contributed by atoms with Crippen LogP contribution in [0.1, 0.15) is 19.8 Å². The number of aromatic nitrogens is 4. The van der Waals surface area contributed by atoms with E-state index in [4.69, 9.17) is 4.98 Å². The summed E-state index contributed by atoms with van der Waals surface area (Å²) in [7, 11) is 0.